The van der Waals surface area contributed by atoms with Crippen LogP contribution in [0, 0.1) is 5.92 Å². The first-order valence-electron chi connectivity index (χ1n) is 9.88. The third kappa shape index (κ3) is 5.94. The largest absolute Gasteiger partial charge is 0.389 e. The van der Waals surface area contributed by atoms with Crippen LogP contribution in [0.4, 0.5) is 0 Å². The lowest BCUT2D eigenvalue weighted by Gasteiger charge is -2.26. The average Bonchev–Trinajstić information content (AvgIpc) is 3.48. The van der Waals surface area contributed by atoms with E-state index in [9.17, 15) is 5.11 Å². The van der Waals surface area contributed by atoms with Crippen molar-refractivity contribution in [1.82, 2.24) is 4.90 Å². The molecule has 0 saturated heterocycles. The maximum Gasteiger partial charge on any atom is 0.108 e. The van der Waals surface area contributed by atoms with Crippen LogP contribution in [0.3, 0.4) is 0 Å². The Morgan fingerprint density at radius 3 is 2.08 bits per heavy atom. The minimum atomic E-state index is -0.463. The van der Waals surface area contributed by atoms with E-state index in [4.69, 9.17) is 4.74 Å². The van der Waals surface area contributed by atoms with E-state index in [1.165, 1.54) is 12.8 Å². The van der Waals surface area contributed by atoms with Crippen LogP contribution in [0.2, 0.25) is 0 Å². The van der Waals surface area contributed by atoms with Crippen LogP contribution in [0.1, 0.15) is 43.4 Å². The molecule has 1 N–H and O–H groups in total. The van der Waals surface area contributed by atoms with Crippen molar-refractivity contribution < 1.29 is 9.84 Å². The zero-order valence-electron chi connectivity index (χ0n) is 15.8. The second-order valence-corrected chi connectivity index (χ2v) is 7.39. The van der Waals surface area contributed by atoms with Gasteiger partial charge in [-0.25, -0.2) is 0 Å². The summed E-state index contributed by atoms with van der Waals surface area (Å²) < 4.78 is 6.20. The highest BCUT2D eigenvalue weighted by Crippen LogP contribution is 2.30. The summed E-state index contributed by atoms with van der Waals surface area (Å²) in [4.78, 5) is 2.39. The molecule has 0 unspecified atom stereocenters. The van der Waals surface area contributed by atoms with Gasteiger partial charge in [-0.15, -0.1) is 0 Å². The minimum Gasteiger partial charge on any atom is -0.389 e. The summed E-state index contributed by atoms with van der Waals surface area (Å²) in [6, 6.07) is 20.5. The summed E-state index contributed by atoms with van der Waals surface area (Å²) in [7, 11) is 0. The first kappa shape index (κ1) is 19.1. The van der Waals surface area contributed by atoms with Crippen LogP contribution in [0.25, 0.3) is 0 Å². The lowest BCUT2D eigenvalue weighted by molar-refractivity contribution is -0.00890. The Kier molecular flexibility index (Phi) is 7.24. The van der Waals surface area contributed by atoms with Crippen molar-refractivity contribution >= 4 is 0 Å². The molecule has 1 atom stereocenters. The Hall–Kier alpha value is -1.68. The molecule has 3 heteroatoms. The molecular formula is C23H31NO2. The van der Waals surface area contributed by atoms with E-state index in [-0.39, 0.29) is 6.10 Å². The maximum absolute atomic E-state index is 10.6. The summed E-state index contributed by atoms with van der Waals surface area (Å²) in [6.45, 7) is 5.41. The summed E-state index contributed by atoms with van der Waals surface area (Å²) in [5, 5.41) is 10.6. The molecule has 0 amide bonds. The van der Waals surface area contributed by atoms with Crippen molar-refractivity contribution in [3.63, 3.8) is 0 Å². The third-order valence-corrected chi connectivity index (χ3v) is 4.88. The average molecular weight is 354 g/mol. The highest BCUT2D eigenvalue weighted by Gasteiger charge is 2.25. The minimum absolute atomic E-state index is 0.143. The van der Waals surface area contributed by atoms with Gasteiger partial charge in [0.15, 0.2) is 0 Å². The van der Waals surface area contributed by atoms with E-state index in [0.29, 0.717) is 13.2 Å². The van der Waals surface area contributed by atoms with Gasteiger partial charge in [-0.05, 0) is 42.9 Å². The molecule has 0 bridgehead atoms. The molecule has 140 valence electrons. The Labute approximate surface area is 157 Å². The van der Waals surface area contributed by atoms with Gasteiger partial charge in [0, 0.05) is 13.1 Å². The standard InChI is InChI=1S/C23H31NO2/c1-2-15-24(16-19-13-14-19)17-22(25)18-26-23(20-9-5-3-6-10-20)21-11-7-4-8-12-21/h3-12,19,22-23,25H,2,13-18H2,1H3/t22-/m0/s1. The van der Waals surface area contributed by atoms with Gasteiger partial charge in [-0.2, -0.15) is 0 Å². The normalized spacial score (nSPS) is 15.5. The van der Waals surface area contributed by atoms with E-state index in [1.807, 2.05) is 36.4 Å². The molecule has 1 aliphatic rings. The van der Waals surface area contributed by atoms with Crippen LogP contribution in [-0.2, 0) is 4.74 Å². The molecule has 3 rings (SSSR count). The fourth-order valence-electron chi connectivity index (χ4n) is 3.44. The van der Waals surface area contributed by atoms with Crippen molar-refractivity contribution in [2.75, 3.05) is 26.2 Å². The Morgan fingerprint density at radius 2 is 1.58 bits per heavy atom. The predicted molar refractivity (Wildman–Crippen MR) is 106 cm³/mol. The number of aliphatic hydroxyl groups is 1. The SMILES string of the molecule is CCCN(CC1CC1)C[C@H](O)COC(c1ccccc1)c1ccccc1. The van der Waals surface area contributed by atoms with Gasteiger partial charge in [-0.1, -0.05) is 67.6 Å². The highest BCUT2D eigenvalue weighted by atomic mass is 16.5. The van der Waals surface area contributed by atoms with Gasteiger partial charge in [-0.3, -0.25) is 0 Å². The van der Waals surface area contributed by atoms with Crippen LogP contribution in [0.5, 0.6) is 0 Å². The molecule has 0 heterocycles. The number of ether oxygens (including phenoxy) is 1. The summed E-state index contributed by atoms with van der Waals surface area (Å²) in [6.07, 6.45) is 3.20. The van der Waals surface area contributed by atoms with E-state index < -0.39 is 6.10 Å². The summed E-state index contributed by atoms with van der Waals surface area (Å²) in [5.74, 6) is 0.844. The zero-order chi connectivity index (χ0) is 18.2. The number of nitrogens with zero attached hydrogens (tertiary/aromatic N) is 1. The topological polar surface area (TPSA) is 32.7 Å². The van der Waals surface area contributed by atoms with Crippen LogP contribution >= 0.6 is 0 Å². The molecule has 0 spiro atoms. The van der Waals surface area contributed by atoms with E-state index in [0.717, 1.165) is 36.6 Å². The fourth-order valence-corrected chi connectivity index (χ4v) is 3.44. The lowest BCUT2D eigenvalue weighted by Crippen LogP contribution is -2.37. The van der Waals surface area contributed by atoms with Crippen molar-refractivity contribution in [3.05, 3.63) is 71.8 Å². The van der Waals surface area contributed by atoms with Crippen molar-refractivity contribution in [3.8, 4) is 0 Å². The Bertz CT molecular complexity index is 588. The van der Waals surface area contributed by atoms with E-state index >= 15 is 0 Å². The van der Waals surface area contributed by atoms with Gasteiger partial charge < -0.3 is 14.7 Å². The molecule has 26 heavy (non-hydrogen) atoms. The number of hydrogen-bond donors (Lipinski definition) is 1. The second kappa shape index (κ2) is 9.86. The molecule has 1 aliphatic carbocycles. The van der Waals surface area contributed by atoms with Crippen LogP contribution < -0.4 is 0 Å². The van der Waals surface area contributed by atoms with Crippen molar-refractivity contribution in [1.29, 1.82) is 0 Å². The van der Waals surface area contributed by atoms with Crippen molar-refractivity contribution in [2.24, 2.45) is 5.92 Å². The highest BCUT2D eigenvalue weighted by molar-refractivity contribution is 5.29. The van der Waals surface area contributed by atoms with E-state index in [2.05, 4.69) is 36.1 Å². The van der Waals surface area contributed by atoms with Gasteiger partial charge >= 0.3 is 0 Å². The van der Waals surface area contributed by atoms with Crippen LogP contribution in [-0.4, -0.2) is 42.4 Å². The summed E-state index contributed by atoms with van der Waals surface area (Å²) >= 11 is 0. The monoisotopic (exact) mass is 353 g/mol. The third-order valence-electron chi connectivity index (χ3n) is 4.88. The lowest BCUT2D eigenvalue weighted by atomic mass is 10.0. The van der Waals surface area contributed by atoms with Crippen LogP contribution in [0.15, 0.2) is 60.7 Å². The second-order valence-electron chi connectivity index (χ2n) is 7.39. The Balaban J connectivity index is 1.60. The quantitative estimate of drug-likeness (QED) is 0.655. The number of benzene rings is 2. The number of hydrogen-bond acceptors (Lipinski definition) is 3. The van der Waals surface area contributed by atoms with Crippen molar-refractivity contribution in [2.45, 2.75) is 38.4 Å². The molecule has 1 saturated carbocycles. The maximum atomic E-state index is 10.6. The molecule has 0 aromatic heterocycles. The molecule has 1 fully saturated rings. The number of rotatable bonds is 11. The van der Waals surface area contributed by atoms with Gasteiger partial charge in [0.1, 0.15) is 6.10 Å². The Morgan fingerprint density at radius 1 is 1.00 bits per heavy atom. The van der Waals surface area contributed by atoms with E-state index in [1.54, 1.807) is 0 Å². The fraction of sp³-hybridized carbons (Fsp3) is 0.478. The zero-order valence-corrected chi connectivity index (χ0v) is 15.8. The molecule has 3 nitrogen and oxygen atoms in total. The molecule has 2 aromatic carbocycles. The molecule has 2 aromatic rings. The first-order chi connectivity index (χ1) is 12.8. The molecular weight excluding hydrogens is 322 g/mol. The smallest absolute Gasteiger partial charge is 0.108 e. The van der Waals surface area contributed by atoms with Gasteiger partial charge in [0.25, 0.3) is 0 Å². The number of aliphatic hydroxyl groups excluding tert-OH is 1. The molecule has 0 aliphatic heterocycles. The van der Waals surface area contributed by atoms with Gasteiger partial charge in [0.2, 0.25) is 0 Å². The van der Waals surface area contributed by atoms with Gasteiger partial charge in [0.05, 0.1) is 12.7 Å². The molecule has 0 radical (unpaired) electrons. The predicted octanol–water partition coefficient (Wildman–Crippen LogP) is 4.28. The summed E-state index contributed by atoms with van der Waals surface area (Å²) in [5.41, 5.74) is 2.24. The first-order valence-corrected chi connectivity index (χ1v) is 9.88.